The molecule has 2 aromatic carbocycles. The molecular formula is C22H26ClN3O7S2. The summed E-state index contributed by atoms with van der Waals surface area (Å²) in [5.41, 5.74) is 0.797. The van der Waals surface area contributed by atoms with E-state index in [1.165, 1.54) is 32.4 Å². The number of carbonyl (C=O) groups excluding carboxylic acids is 2. The lowest BCUT2D eigenvalue weighted by Crippen LogP contribution is -2.43. The van der Waals surface area contributed by atoms with Gasteiger partial charge < -0.3 is 19.5 Å². The van der Waals surface area contributed by atoms with Gasteiger partial charge in [-0.2, -0.15) is 0 Å². The number of nitrogens with one attached hydrogen (secondary N) is 3. The van der Waals surface area contributed by atoms with Crippen molar-refractivity contribution in [1.29, 1.82) is 0 Å². The van der Waals surface area contributed by atoms with Crippen LogP contribution in [-0.2, 0) is 16.4 Å². The Balaban J connectivity index is 1.79. The smallest absolute Gasteiger partial charge is 0.307 e. The van der Waals surface area contributed by atoms with Crippen molar-refractivity contribution < 1.29 is 32.2 Å². The molecule has 0 saturated carbocycles. The average molecular weight is 544 g/mol. The molecule has 0 spiro atoms. The van der Waals surface area contributed by atoms with Crippen molar-refractivity contribution in [2.45, 2.75) is 30.7 Å². The third-order valence-electron chi connectivity index (χ3n) is 5.02. The Morgan fingerprint density at radius 2 is 1.91 bits per heavy atom. The van der Waals surface area contributed by atoms with Crippen molar-refractivity contribution in [3.05, 3.63) is 46.5 Å². The van der Waals surface area contributed by atoms with E-state index >= 15 is 0 Å². The predicted octanol–water partition coefficient (Wildman–Crippen LogP) is 3.14. The molecule has 1 atom stereocenters. The van der Waals surface area contributed by atoms with Crippen LogP contribution >= 0.6 is 23.5 Å². The van der Waals surface area contributed by atoms with Crippen molar-refractivity contribution >= 4 is 44.7 Å². The standard InChI is InChI=1S/C22H26ClN3O7S2/c1-4-7-24-34-22(28)26-35(29,30)20-9-13-8-15(12-33-18(13)11-19(20)32-3)25-21(27)16-10-14(23)5-6-17(16)31-2/h5-6,9-11,15,24H,4,7-8,12H2,1-3H3,(H,25,27)(H,26,28). The second-order valence-corrected chi connectivity index (χ2v) is 10.5. The van der Waals surface area contributed by atoms with Gasteiger partial charge in [0.2, 0.25) is 0 Å². The molecule has 3 rings (SSSR count). The maximum Gasteiger partial charge on any atom is 0.307 e. The minimum absolute atomic E-state index is 0.0294. The van der Waals surface area contributed by atoms with Crippen LogP contribution in [0.15, 0.2) is 35.2 Å². The van der Waals surface area contributed by atoms with Gasteiger partial charge in [0.15, 0.2) is 0 Å². The molecule has 2 amide bonds. The SMILES string of the molecule is CCCNSC(=O)NS(=O)(=O)c1cc2c(cc1OC)OCC(NC(=O)c1cc(Cl)ccc1OC)C2. The summed E-state index contributed by atoms with van der Waals surface area (Å²) in [4.78, 5) is 24.7. The number of sulfonamides is 1. The fourth-order valence-electron chi connectivity index (χ4n) is 3.38. The van der Waals surface area contributed by atoms with Crippen molar-refractivity contribution in [2.75, 3.05) is 27.4 Å². The van der Waals surface area contributed by atoms with Crippen molar-refractivity contribution in [2.24, 2.45) is 0 Å². The van der Waals surface area contributed by atoms with Crippen LogP contribution in [-0.4, -0.2) is 53.0 Å². The van der Waals surface area contributed by atoms with E-state index in [1.807, 2.05) is 11.6 Å². The summed E-state index contributed by atoms with van der Waals surface area (Å²) >= 11 is 6.69. The highest BCUT2D eigenvalue weighted by atomic mass is 35.5. The summed E-state index contributed by atoms with van der Waals surface area (Å²) in [6.45, 7) is 2.63. The first-order valence-corrected chi connectivity index (χ1v) is 13.3. The molecule has 0 saturated heterocycles. The lowest BCUT2D eigenvalue weighted by Gasteiger charge is -2.27. The third-order valence-corrected chi connectivity index (χ3v) is 7.37. The molecule has 190 valence electrons. The Morgan fingerprint density at radius 1 is 1.17 bits per heavy atom. The van der Waals surface area contributed by atoms with Gasteiger partial charge in [0.1, 0.15) is 28.8 Å². The Hall–Kier alpha value is -2.67. The van der Waals surface area contributed by atoms with Crippen LogP contribution in [0, 0.1) is 0 Å². The molecule has 10 nitrogen and oxygen atoms in total. The number of carbonyl (C=O) groups is 2. The monoisotopic (exact) mass is 543 g/mol. The van der Waals surface area contributed by atoms with Crippen LogP contribution in [0.1, 0.15) is 29.3 Å². The van der Waals surface area contributed by atoms with E-state index in [0.29, 0.717) is 40.6 Å². The first-order valence-electron chi connectivity index (χ1n) is 10.6. The number of fused-ring (bicyclic) bond motifs is 1. The van der Waals surface area contributed by atoms with Gasteiger partial charge in [-0.15, -0.1) is 0 Å². The predicted molar refractivity (Wildman–Crippen MR) is 133 cm³/mol. The van der Waals surface area contributed by atoms with Gasteiger partial charge in [0.25, 0.3) is 15.9 Å². The van der Waals surface area contributed by atoms with E-state index in [4.69, 9.17) is 25.8 Å². The van der Waals surface area contributed by atoms with Gasteiger partial charge in [-0.25, -0.2) is 13.1 Å². The average Bonchev–Trinajstić information content (AvgIpc) is 2.83. The second-order valence-electron chi connectivity index (χ2n) is 7.53. The molecule has 1 aliphatic rings. The normalized spacial score (nSPS) is 14.9. The number of ether oxygens (including phenoxy) is 3. The molecule has 0 aromatic heterocycles. The summed E-state index contributed by atoms with van der Waals surface area (Å²) in [5.74, 6) is 0.412. The minimum atomic E-state index is -4.23. The number of hydrogen-bond donors (Lipinski definition) is 3. The molecule has 3 N–H and O–H groups in total. The molecule has 13 heteroatoms. The van der Waals surface area contributed by atoms with Crippen LogP contribution in [0.2, 0.25) is 5.02 Å². The number of benzene rings is 2. The van der Waals surface area contributed by atoms with E-state index < -0.39 is 27.2 Å². The maximum absolute atomic E-state index is 12.9. The zero-order valence-corrected chi connectivity index (χ0v) is 21.7. The third kappa shape index (κ3) is 6.72. The Morgan fingerprint density at radius 3 is 2.60 bits per heavy atom. The molecule has 1 heterocycles. The van der Waals surface area contributed by atoms with E-state index in [0.717, 1.165) is 6.42 Å². The molecule has 1 aliphatic heterocycles. The quantitative estimate of drug-likeness (QED) is 0.322. The second kappa shape index (κ2) is 11.8. The van der Waals surface area contributed by atoms with E-state index in [9.17, 15) is 18.0 Å². The Bertz CT molecular complexity index is 1210. The van der Waals surface area contributed by atoms with Gasteiger partial charge >= 0.3 is 5.24 Å². The molecular weight excluding hydrogens is 518 g/mol. The molecule has 0 radical (unpaired) electrons. The number of amides is 2. The van der Waals surface area contributed by atoms with E-state index in [1.54, 1.807) is 12.1 Å². The Kier molecular flexibility index (Phi) is 9.11. The number of hydrogen-bond acceptors (Lipinski definition) is 9. The van der Waals surface area contributed by atoms with Crippen LogP contribution in [0.5, 0.6) is 17.2 Å². The lowest BCUT2D eigenvalue weighted by atomic mass is 10.0. The van der Waals surface area contributed by atoms with Crippen LogP contribution < -0.4 is 29.0 Å². The van der Waals surface area contributed by atoms with Gasteiger partial charge in [-0.05, 0) is 42.7 Å². The summed E-state index contributed by atoms with van der Waals surface area (Å²) in [6, 6.07) is 7.09. The highest BCUT2D eigenvalue weighted by molar-refractivity contribution is 8.13. The summed E-state index contributed by atoms with van der Waals surface area (Å²) < 4.78 is 46.8. The first kappa shape index (κ1) is 26.9. The van der Waals surface area contributed by atoms with Crippen LogP contribution in [0.25, 0.3) is 0 Å². The van der Waals surface area contributed by atoms with Gasteiger partial charge in [-0.3, -0.25) is 14.3 Å². The molecule has 1 unspecified atom stereocenters. The summed E-state index contributed by atoms with van der Waals surface area (Å²) in [5, 5.41) is 2.48. The maximum atomic E-state index is 12.9. The number of rotatable bonds is 9. The summed E-state index contributed by atoms with van der Waals surface area (Å²) in [7, 11) is -1.45. The number of halogens is 1. The largest absolute Gasteiger partial charge is 0.496 e. The number of methoxy groups -OCH3 is 2. The fourth-order valence-corrected chi connectivity index (χ4v) is 5.52. The highest BCUT2D eigenvalue weighted by Crippen LogP contribution is 2.35. The molecule has 0 bridgehead atoms. The topological polar surface area (TPSA) is 132 Å². The minimum Gasteiger partial charge on any atom is -0.496 e. The zero-order chi connectivity index (χ0) is 25.6. The van der Waals surface area contributed by atoms with Crippen molar-refractivity contribution in [1.82, 2.24) is 14.8 Å². The molecule has 0 fully saturated rings. The lowest BCUT2D eigenvalue weighted by molar-refractivity contribution is 0.0912. The van der Waals surface area contributed by atoms with Gasteiger partial charge in [-0.1, -0.05) is 18.5 Å². The van der Waals surface area contributed by atoms with E-state index in [-0.39, 0.29) is 29.2 Å². The molecule has 35 heavy (non-hydrogen) atoms. The zero-order valence-electron chi connectivity index (χ0n) is 19.3. The Labute approximate surface area is 213 Å². The molecule has 0 aliphatic carbocycles. The van der Waals surface area contributed by atoms with Crippen molar-refractivity contribution in [3.63, 3.8) is 0 Å². The first-order chi connectivity index (χ1) is 16.7. The van der Waals surface area contributed by atoms with Crippen LogP contribution in [0.4, 0.5) is 4.79 Å². The molecule has 2 aromatic rings. The van der Waals surface area contributed by atoms with Crippen LogP contribution in [0.3, 0.4) is 0 Å². The summed E-state index contributed by atoms with van der Waals surface area (Å²) in [6.07, 6.45) is 1.07. The fraction of sp³-hybridized carbons (Fsp3) is 0.364. The highest BCUT2D eigenvalue weighted by Gasteiger charge is 2.29. The van der Waals surface area contributed by atoms with Gasteiger partial charge in [0.05, 0.1) is 25.8 Å². The van der Waals surface area contributed by atoms with Gasteiger partial charge in [0, 0.05) is 29.6 Å². The van der Waals surface area contributed by atoms with E-state index in [2.05, 4.69) is 10.0 Å². The van der Waals surface area contributed by atoms with Crippen molar-refractivity contribution in [3.8, 4) is 17.2 Å².